The van der Waals surface area contributed by atoms with Crippen LogP contribution in [0.3, 0.4) is 0 Å². The van der Waals surface area contributed by atoms with E-state index in [-0.39, 0.29) is 0 Å². The summed E-state index contributed by atoms with van der Waals surface area (Å²) in [5.74, 6) is 0.480. The van der Waals surface area contributed by atoms with E-state index in [0.29, 0.717) is 12.0 Å². The van der Waals surface area contributed by atoms with Crippen molar-refractivity contribution in [1.82, 2.24) is 15.6 Å². The van der Waals surface area contributed by atoms with Crippen LogP contribution in [0.2, 0.25) is 0 Å². The van der Waals surface area contributed by atoms with Gasteiger partial charge in [-0.05, 0) is 24.1 Å². The van der Waals surface area contributed by atoms with Gasteiger partial charge in [0.25, 0.3) is 0 Å². The molecule has 2 atom stereocenters. The quantitative estimate of drug-likeness (QED) is 0.888. The van der Waals surface area contributed by atoms with Gasteiger partial charge in [-0.1, -0.05) is 31.2 Å². The van der Waals surface area contributed by atoms with Crippen molar-refractivity contribution in [2.24, 2.45) is 0 Å². The molecule has 0 radical (unpaired) electrons. The Hall–Kier alpha value is -1.23. The third kappa shape index (κ3) is 3.08. The molecule has 1 aliphatic heterocycles. The molecule has 1 aromatic carbocycles. The van der Waals surface area contributed by atoms with E-state index in [4.69, 9.17) is 0 Å². The number of hydrogen-bond donors (Lipinski definition) is 2. The summed E-state index contributed by atoms with van der Waals surface area (Å²) in [6.45, 7) is 5.26. The van der Waals surface area contributed by atoms with Crippen molar-refractivity contribution in [3.8, 4) is 0 Å². The highest BCUT2D eigenvalue weighted by molar-refractivity contribution is 7.09. The van der Waals surface area contributed by atoms with Gasteiger partial charge < -0.3 is 10.6 Å². The van der Waals surface area contributed by atoms with Crippen molar-refractivity contribution in [2.75, 3.05) is 19.6 Å². The van der Waals surface area contributed by atoms with Crippen LogP contribution in [0, 0.1) is 0 Å². The van der Waals surface area contributed by atoms with Crippen LogP contribution in [0.1, 0.15) is 35.0 Å². The Kier molecular flexibility index (Phi) is 4.45. The maximum absolute atomic E-state index is 4.38. The lowest BCUT2D eigenvalue weighted by Crippen LogP contribution is -2.37. The van der Waals surface area contributed by atoms with Crippen molar-refractivity contribution in [3.63, 3.8) is 0 Å². The average Bonchev–Trinajstić information content (AvgIpc) is 3.02. The summed E-state index contributed by atoms with van der Waals surface area (Å²) in [6.07, 6.45) is 3.03. The summed E-state index contributed by atoms with van der Waals surface area (Å²) in [5, 5.41) is 10.5. The van der Waals surface area contributed by atoms with Gasteiger partial charge >= 0.3 is 0 Å². The number of fused-ring (bicyclic) bond motifs is 1. The minimum Gasteiger partial charge on any atom is -0.314 e. The summed E-state index contributed by atoms with van der Waals surface area (Å²) in [4.78, 5) is 4.38. The van der Waals surface area contributed by atoms with Gasteiger partial charge in [0.1, 0.15) is 0 Å². The van der Waals surface area contributed by atoms with Crippen LogP contribution < -0.4 is 10.6 Å². The Morgan fingerprint density at radius 1 is 1.45 bits per heavy atom. The number of thiazole rings is 1. The predicted octanol–water partition coefficient (Wildman–Crippen LogP) is 2.72. The van der Waals surface area contributed by atoms with Crippen LogP contribution in [-0.2, 0) is 6.42 Å². The smallest absolute Gasteiger partial charge is 0.0965 e. The molecular weight excluding hydrogens is 266 g/mol. The first kappa shape index (κ1) is 13.7. The molecule has 3 nitrogen and oxygen atoms in total. The number of hydrogen-bond acceptors (Lipinski definition) is 4. The minimum atomic E-state index is 0.434. The van der Waals surface area contributed by atoms with E-state index in [1.54, 1.807) is 11.3 Å². The number of rotatable bonds is 5. The maximum Gasteiger partial charge on any atom is 0.0965 e. The fourth-order valence-electron chi connectivity index (χ4n) is 2.78. The second-order valence-corrected chi connectivity index (χ2v) is 6.31. The van der Waals surface area contributed by atoms with E-state index >= 15 is 0 Å². The lowest BCUT2D eigenvalue weighted by atomic mass is 9.94. The third-order valence-corrected chi connectivity index (χ3v) is 4.89. The number of aromatic nitrogens is 1. The predicted molar refractivity (Wildman–Crippen MR) is 84.3 cm³/mol. The third-order valence-electron chi connectivity index (χ3n) is 3.89. The molecule has 2 aromatic rings. The molecule has 0 saturated heterocycles. The lowest BCUT2D eigenvalue weighted by molar-refractivity contribution is 0.460. The highest BCUT2D eigenvalue weighted by Gasteiger charge is 2.18. The van der Waals surface area contributed by atoms with Crippen molar-refractivity contribution >= 4 is 11.3 Å². The van der Waals surface area contributed by atoms with Gasteiger partial charge in [0.05, 0.1) is 5.01 Å². The molecule has 2 heterocycles. The molecular formula is C16H21N3S. The Morgan fingerprint density at radius 3 is 3.20 bits per heavy atom. The summed E-state index contributed by atoms with van der Waals surface area (Å²) in [5.41, 5.74) is 2.94. The molecule has 0 amide bonds. The molecule has 0 bridgehead atoms. The second-order valence-electron chi connectivity index (χ2n) is 5.39. The lowest BCUT2D eigenvalue weighted by Gasteiger charge is -2.27. The fourth-order valence-corrected chi connectivity index (χ4v) is 3.48. The van der Waals surface area contributed by atoms with E-state index in [9.17, 15) is 0 Å². The summed E-state index contributed by atoms with van der Waals surface area (Å²) in [7, 11) is 0. The highest BCUT2D eigenvalue weighted by atomic mass is 32.1. The molecule has 1 aromatic heterocycles. The van der Waals surface area contributed by atoms with Crippen LogP contribution >= 0.6 is 11.3 Å². The van der Waals surface area contributed by atoms with Crippen LogP contribution in [0.15, 0.2) is 35.8 Å². The molecule has 20 heavy (non-hydrogen) atoms. The molecule has 2 N–H and O–H groups in total. The number of benzene rings is 1. The topological polar surface area (TPSA) is 37.0 Å². The zero-order valence-electron chi connectivity index (χ0n) is 11.8. The van der Waals surface area contributed by atoms with Crippen LogP contribution in [0.5, 0.6) is 0 Å². The first-order valence-corrected chi connectivity index (χ1v) is 8.14. The van der Waals surface area contributed by atoms with E-state index in [1.165, 1.54) is 16.1 Å². The van der Waals surface area contributed by atoms with E-state index < -0.39 is 0 Å². The zero-order chi connectivity index (χ0) is 13.8. The molecule has 2 unspecified atom stereocenters. The van der Waals surface area contributed by atoms with Crippen molar-refractivity contribution in [3.05, 3.63) is 52.0 Å². The standard InChI is InChI=1S/C16H21N3S/c1-12(16-19-8-9-20-16)10-17-11-15-14-5-3-2-4-13(14)6-7-18-15/h2-5,8-9,12,15,17-18H,6-7,10-11H2,1H3. The van der Waals surface area contributed by atoms with Crippen molar-refractivity contribution < 1.29 is 0 Å². The van der Waals surface area contributed by atoms with Crippen LogP contribution in [0.25, 0.3) is 0 Å². The van der Waals surface area contributed by atoms with Crippen molar-refractivity contribution in [2.45, 2.75) is 25.3 Å². The molecule has 1 aliphatic rings. The van der Waals surface area contributed by atoms with Gasteiger partial charge in [-0.25, -0.2) is 4.98 Å². The van der Waals surface area contributed by atoms with Crippen molar-refractivity contribution in [1.29, 1.82) is 0 Å². The van der Waals surface area contributed by atoms with Gasteiger partial charge in [0, 0.05) is 36.6 Å². The SMILES string of the molecule is CC(CNCC1NCCc2ccccc21)c1nccs1. The first-order chi connectivity index (χ1) is 9.84. The summed E-state index contributed by atoms with van der Waals surface area (Å²) >= 11 is 1.74. The normalized spacial score (nSPS) is 19.6. The monoisotopic (exact) mass is 287 g/mol. The Bertz CT molecular complexity index is 538. The molecule has 0 saturated carbocycles. The van der Waals surface area contributed by atoms with Gasteiger partial charge in [-0.15, -0.1) is 11.3 Å². The highest BCUT2D eigenvalue weighted by Crippen LogP contribution is 2.22. The molecule has 0 aliphatic carbocycles. The van der Waals surface area contributed by atoms with Gasteiger partial charge in [-0.3, -0.25) is 0 Å². The minimum absolute atomic E-state index is 0.434. The molecule has 0 fully saturated rings. The van der Waals surface area contributed by atoms with Gasteiger partial charge in [-0.2, -0.15) is 0 Å². The molecule has 3 rings (SSSR count). The number of nitrogens with zero attached hydrogens (tertiary/aromatic N) is 1. The molecule has 0 spiro atoms. The maximum atomic E-state index is 4.38. The van der Waals surface area contributed by atoms with Gasteiger partial charge in [0.15, 0.2) is 0 Å². The average molecular weight is 287 g/mol. The van der Waals surface area contributed by atoms with E-state index in [1.807, 2.05) is 11.6 Å². The number of nitrogens with one attached hydrogen (secondary N) is 2. The largest absolute Gasteiger partial charge is 0.314 e. The van der Waals surface area contributed by atoms with Crippen LogP contribution in [-0.4, -0.2) is 24.6 Å². The van der Waals surface area contributed by atoms with E-state index in [2.05, 4.69) is 46.8 Å². The Labute approximate surface area is 124 Å². The Morgan fingerprint density at radius 2 is 2.35 bits per heavy atom. The van der Waals surface area contributed by atoms with Crippen LogP contribution in [0.4, 0.5) is 0 Å². The zero-order valence-corrected chi connectivity index (χ0v) is 12.6. The molecule has 4 heteroatoms. The van der Waals surface area contributed by atoms with E-state index in [0.717, 1.165) is 26.1 Å². The Balaban J connectivity index is 1.55. The molecule has 106 valence electrons. The summed E-state index contributed by atoms with van der Waals surface area (Å²) < 4.78 is 0. The fraction of sp³-hybridized carbons (Fsp3) is 0.438. The first-order valence-electron chi connectivity index (χ1n) is 7.26. The summed E-state index contributed by atoms with van der Waals surface area (Å²) in [6, 6.07) is 9.21. The van der Waals surface area contributed by atoms with Gasteiger partial charge in [0.2, 0.25) is 0 Å². The second kappa shape index (κ2) is 6.48.